The van der Waals surface area contributed by atoms with Crippen molar-refractivity contribution < 1.29 is 4.74 Å². The molecule has 1 aromatic rings. The van der Waals surface area contributed by atoms with Gasteiger partial charge in [-0.05, 0) is 32.5 Å². The summed E-state index contributed by atoms with van der Waals surface area (Å²) in [4.78, 5) is 1.48. The Labute approximate surface area is 103 Å². The number of tetrazole rings is 1. The van der Waals surface area contributed by atoms with Gasteiger partial charge in [0.1, 0.15) is 0 Å². The Bertz CT molecular complexity index is 331. The molecule has 0 aliphatic carbocycles. The minimum Gasteiger partial charge on any atom is -0.374 e. The molecule has 0 radical (unpaired) electrons. The summed E-state index contributed by atoms with van der Waals surface area (Å²) in [5.74, 6) is 0.746. The topological polar surface area (TPSA) is 64.9 Å². The molecule has 0 aliphatic heterocycles. The molecule has 1 atom stereocenters. The molecule has 1 unspecified atom stereocenters. The highest BCUT2D eigenvalue weighted by Crippen LogP contribution is 2.08. The van der Waals surface area contributed by atoms with Crippen molar-refractivity contribution in [3.05, 3.63) is 5.82 Å². The quantitative estimate of drug-likeness (QED) is 0.787. The van der Waals surface area contributed by atoms with Crippen molar-refractivity contribution in [3.63, 3.8) is 0 Å². The number of likely N-dealkylation sites (N-methyl/N-ethyl adjacent to an activating group) is 1. The molecule has 0 bridgehead atoms. The van der Waals surface area contributed by atoms with Crippen molar-refractivity contribution in [2.45, 2.75) is 45.8 Å². The molecule has 6 heteroatoms. The molecule has 0 aromatic carbocycles. The van der Waals surface area contributed by atoms with Crippen LogP contribution < -0.4 is 5.32 Å². The Hall–Kier alpha value is -1.01. The third-order valence-electron chi connectivity index (χ3n) is 2.19. The number of rotatable bonds is 6. The van der Waals surface area contributed by atoms with E-state index in [1.54, 1.807) is 7.05 Å². The van der Waals surface area contributed by atoms with Crippen molar-refractivity contribution in [2.24, 2.45) is 7.05 Å². The molecular formula is C11H23N5O. The van der Waals surface area contributed by atoms with Crippen molar-refractivity contribution in [1.82, 2.24) is 25.5 Å². The Kier molecular flexibility index (Phi) is 5.02. The van der Waals surface area contributed by atoms with E-state index in [1.807, 2.05) is 0 Å². The molecule has 0 saturated carbocycles. The van der Waals surface area contributed by atoms with Crippen molar-refractivity contribution >= 4 is 0 Å². The molecule has 0 amide bonds. The van der Waals surface area contributed by atoms with Crippen molar-refractivity contribution in [2.75, 3.05) is 13.2 Å². The van der Waals surface area contributed by atoms with E-state index in [-0.39, 0.29) is 11.6 Å². The second-order valence-corrected chi connectivity index (χ2v) is 5.08. The maximum Gasteiger partial charge on any atom is 0.176 e. The van der Waals surface area contributed by atoms with E-state index in [9.17, 15) is 0 Å². The molecule has 1 heterocycles. The lowest BCUT2D eigenvalue weighted by molar-refractivity contribution is -0.0144. The standard InChI is InChI=1S/C11H23N5O/c1-6-12-9(8-17-11(2,3)4)7-10-13-15-16(5)14-10/h9,12H,6-8H2,1-5H3. The molecule has 1 aromatic heterocycles. The Balaban J connectivity index is 2.48. The van der Waals surface area contributed by atoms with Gasteiger partial charge in [0.15, 0.2) is 5.82 Å². The number of ether oxygens (including phenoxy) is 1. The van der Waals surface area contributed by atoms with Crippen LogP contribution in [0.1, 0.15) is 33.5 Å². The second-order valence-electron chi connectivity index (χ2n) is 5.08. The van der Waals surface area contributed by atoms with Crippen LogP contribution in [0.15, 0.2) is 0 Å². The molecule has 98 valence electrons. The van der Waals surface area contributed by atoms with Crippen LogP contribution in [0.2, 0.25) is 0 Å². The first-order chi connectivity index (χ1) is 7.90. The van der Waals surface area contributed by atoms with Crippen LogP contribution in [0.25, 0.3) is 0 Å². The number of aromatic nitrogens is 4. The zero-order chi connectivity index (χ0) is 12.9. The average molecular weight is 241 g/mol. The van der Waals surface area contributed by atoms with Gasteiger partial charge in [-0.2, -0.15) is 4.80 Å². The van der Waals surface area contributed by atoms with Gasteiger partial charge in [-0.3, -0.25) is 0 Å². The van der Waals surface area contributed by atoms with Crippen LogP contribution in [0.3, 0.4) is 0 Å². The molecule has 6 nitrogen and oxygen atoms in total. The van der Waals surface area contributed by atoms with E-state index in [1.165, 1.54) is 4.80 Å². The van der Waals surface area contributed by atoms with Gasteiger partial charge in [0.2, 0.25) is 0 Å². The third-order valence-corrected chi connectivity index (χ3v) is 2.19. The Morgan fingerprint density at radius 1 is 1.41 bits per heavy atom. The molecule has 0 aliphatic rings. The number of hydrogen-bond donors (Lipinski definition) is 1. The minimum absolute atomic E-state index is 0.122. The highest BCUT2D eigenvalue weighted by Gasteiger charge is 2.17. The zero-order valence-corrected chi connectivity index (χ0v) is 11.4. The van der Waals surface area contributed by atoms with Gasteiger partial charge in [0.25, 0.3) is 0 Å². The van der Waals surface area contributed by atoms with Gasteiger partial charge in [0, 0.05) is 12.5 Å². The predicted octanol–water partition coefficient (Wildman–Crippen LogP) is 0.546. The molecule has 0 saturated heterocycles. The highest BCUT2D eigenvalue weighted by atomic mass is 16.5. The second kappa shape index (κ2) is 6.07. The monoisotopic (exact) mass is 241 g/mol. The number of nitrogens with zero attached hydrogens (tertiary/aromatic N) is 4. The number of nitrogens with one attached hydrogen (secondary N) is 1. The summed E-state index contributed by atoms with van der Waals surface area (Å²) in [6, 6.07) is 0.225. The lowest BCUT2D eigenvalue weighted by atomic mass is 10.1. The van der Waals surface area contributed by atoms with Gasteiger partial charge in [-0.1, -0.05) is 6.92 Å². The number of aryl methyl sites for hydroxylation is 1. The summed E-state index contributed by atoms with van der Waals surface area (Å²) >= 11 is 0. The van der Waals surface area contributed by atoms with Gasteiger partial charge < -0.3 is 10.1 Å². The molecule has 0 spiro atoms. The fraction of sp³-hybridized carbons (Fsp3) is 0.909. The van der Waals surface area contributed by atoms with Gasteiger partial charge in [-0.15, -0.1) is 10.2 Å². The molecule has 1 N–H and O–H groups in total. The van der Waals surface area contributed by atoms with Crippen molar-refractivity contribution in [3.8, 4) is 0 Å². The fourth-order valence-electron chi connectivity index (χ4n) is 1.45. The Morgan fingerprint density at radius 2 is 2.12 bits per heavy atom. The first-order valence-electron chi connectivity index (χ1n) is 6.01. The highest BCUT2D eigenvalue weighted by molar-refractivity contribution is 4.84. The van der Waals surface area contributed by atoms with Gasteiger partial charge in [-0.25, -0.2) is 0 Å². The predicted molar refractivity (Wildman–Crippen MR) is 65.7 cm³/mol. The molecule has 0 fully saturated rings. The molecule has 17 heavy (non-hydrogen) atoms. The Morgan fingerprint density at radius 3 is 2.59 bits per heavy atom. The van der Waals surface area contributed by atoms with Gasteiger partial charge in [0.05, 0.1) is 19.3 Å². The van der Waals surface area contributed by atoms with Crippen LogP contribution in [-0.4, -0.2) is 45.0 Å². The first-order valence-corrected chi connectivity index (χ1v) is 6.01. The summed E-state index contributed by atoms with van der Waals surface area (Å²) in [7, 11) is 1.77. The van der Waals surface area contributed by atoms with E-state index >= 15 is 0 Å². The maximum absolute atomic E-state index is 5.78. The first kappa shape index (κ1) is 14.1. The average Bonchev–Trinajstić information content (AvgIpc) is 2.60. The summed E-state index contributed by atoms with van der Waals surface area (Å²) in [5, 5.41) is 15.4. The zero-order valence-electron chi connectivity index (χ0n) is 11.4. The van der Waals surface area contributed by atoms with Crippen molar-refractivity contribution in [1.29, 1.82) is 0 Å². The molecule has 1 rings (SSSR count). The van der Waals surface area contributed by atoms with Crippen LogP contribution in [-0.2, 0) is 18.2 Å². The SMILES string of the molecule is CCNC(COC(C)(C)C)Cc1nnn(C)n1. The summed E-state index contributed by atoms with van der Waals surface area (Å²) in [5.41, 5.74) is -0.122. The third kappa shape index (κ3) is 5.74. The van der Waals surface area contributed by atoms with Gasteiger partial charge >= 0.3 is 0 Å². The van der Waals surface area contributed by atoms with Crippen LogP contribution in [0, 0.1) is 0 Å². The minimum atomic E-state index is -0.122. The largest absolute Gasteiger partial charge is 0.374 e. The number of hydrogen-bond acceptors (Lipinski definition) is 5. The lowest BCUT2D eigenvalue weighted by Crippen LogP contribution is -2.38. The smallest absolute Gasteiger partial charge is 0.176 e. The lowest BCUT2D eigenvalue weighted by Gasteiger charge is -2.24. The van der Waals surface area contributed by atoms with E-state index in [4.69, 9.17) is 4.74 Å². The summed E-state index contributed by atoms with van der Waals surface area (Å²) in [6.07, 6.45) is 0.734. The van der Waals surface area contributed by atoms with Crippen LogP contribution in [0.4, 0.5) is 0 Å². The van der Waals surface area contributed by atoms with E-state index in [2.05, 4.69) is 48.4 Å². The van der Waals surface area contributed by atoms with E-state index in [0.717, 1.165) is 18.8 Å². The summed E-state index contributed by atoms with van der Waals surface area (Å²) < 4.78 is 5.78. The normalized spacial score (nSPS) is 13.9. The summed E-state index contributed by atoms with van der Waals surface area (Å²) in [6.45, 7) is 9.78. The molecular weight excluding hydrogens is 218 g/mol. The van der Waals surface area contributed by atoms with Crippen LogP contribution >= 0.6 is 0 Å². The van der Waals surface area contributed by atoms with Crippen LogP contribution in [0.5, 0.6) is 0 Å². The maximum atomic E-state index is 5.78. The fourth-order valence-corrected chi connectivity index (χ4v) is 1.45. The van der Waals surface area contributed by atoms with E-state index < -0.39 is 0 Å². The van der Waals surface area contributed by atoms with E-state index in [0.29, 0.717) is 6.61 Å².